The maximum atomic E-state index is 11.7. The number of ether oxygens (including phenoxy) is 1. The van der Waals surface area contributed by atoms with Gasteiger partial charge < -0.3 is 15.4 Å². The minimum absolute atomic E-state index is 0.216. The Bertz CT molecular complexity index is 637. The molecule has 1 aromatic carbocycles. The van der Waals surface area contributed by atoms with E-state index < -0.39 is 0 Å². The summed E-state index contributed by atoms with van der Waals surface area (Å²) in [5, 5.41) is 9.62. The van der Waals surface area contributed by atoms with E-state index in [0.29, 0.717) is 25.6 Å². The average Bonchev–Trinajstić information content (AvgIpc) is 2.95. The van der Waals surface area contributed by atoms with Crippen molar-refractivity contribution >= 4 is 6.03 Å². The number of nitrogens with one attached hydrogen (secondary N) is 2. The highest BCUT2D eigenvalue weighted by Gasteiger charge is 2.07. The number of benzene rings is 1. The van der Waals surface area contributed by atoms with Gasteiger partial charge in [0.25, 0.3) is 0 Å². The number of nitrogens with zero attached hydrogens (tertiary/aromatic N) is 2. The first kappa shape index (κ1) is 16.9. The molecule has 1 heterocycles. The van der Waals surface area contributed by atoms with Crippen molar-refractivity contribution in [3.05, 3.63) is 47.8 Å². The summed E-state index contributed by atoms with van der Waals surface area (Å²) in [6.45, 7) is 5.59. The number of urea groups is 1. The lowest BCUT2D eigenvalue weighted by molar-refractivity contribution is 0.235. The Kier molecular flexibility index (Phi) is 6.02. The van der Waals surface area contributed by atoms with Crippen molar-refractivity contribution in [3.8, 4) is 5.75 Å². The number of rotatable bonds is 7. The Morgan fingerprint density at radius 1 is 1.26 bits per heavy atom. The number of para-hydroxylation sites is 1. The van der Waals surface area contributed by atoms with Crippen LogP contribution in [0.15, 0.2) is 36.5 Å². The maximum Gasteiger partial charge on any atom is 0.315 e. The predicted octanol–water partition coefficient (Wildman–Crippen LogP) is 2.42. The number of aryl methyl sites for hydroxylation is 1. The molecule has 0 saturated carbocycles. The Hall–Kier alpha value is -2.50. The van der Waals surface area contributed by atoms with Crippen molar-refractivity contribution in [3.63, 3.8) is 0 Å². The zero-order valence-corrected chi connectivity index (χ0v) is 13.9. The molecular formula is C17H24N4O2. The molecule has 0 aliphatic carbocycles. The molecule has 1 aromatic heterocycles. The smallest absolute Gasteiger partial charge is 0.315 e. The Balaban J connectivity index is 1.69. The third-order valence-corrected chi connectivity index (χ3v) is 3.54. The second kappa shape index (κ2) is 8.22. The van der Waals surface area contributed by atoms with E-state index in [1.54, 1.807) is 10.9 Å². The minimum atomic E-state index is -0.216. The minimum Gasteiger partial charge on any atom is -0.491 e. The van der Waals surface area contributed by atoms with Crippen LogP contribution in [0.5, 0.6) is 5.75 Å². The van der Waals surface area contributed by atoms with Crippen LogP contribution >= 0.6 is 0 Å². The van der Waals surface area contributed by atoms with E-state index in [-0.39, 0.29) is 6.03 Å². The van der Waals surface area contributed by atoms with E-state index in [1.165, 1.54) is 5.56 Å². The molecule has 2 rings (SSSR count). The number of amides is 2. The van der Waals surface area contributed by atoms with Crippen LogP contribution in [0.4, 0.5) is 4.79 Å². The molecule has 6 heteroatoms. The maximum absolute atomic E-state index is 11.7. The molecule has 2 aromatic rings. The highest BCUT2D eigenvalue weighted by molar-refractivity contribution is 5.73. The summed E-state index contributed by atoms with van der Waals surface area (Å²) in [7, 11) is 1.84. The van der Waals surface area contributed by atoms with Crippen molar-refractivity contribution in [1.29, 1.82) is 0 Å². The summed E-state index contributed by atoms with van der Waals surface area (Å²) in [6, 6.07) is 9.63. The van der Waals surface area contributed by atoms with Gasteiger partial charge in [-0.25, -0.2) is 4.79 Å². The normalized spacial score (nSPS) is 10.6. The number of aromatic nitrogens is 2. The fourth-order valence-corrected chi connectivity index (χ4v) is 2.22. The monoisotopic (exact) mass is 316 g/mol. The second-order valence-electron chi connectivity index (χ2n) is 5.60. The van der Waals surface area contributed by atoms with Crippen LogP contribution in [-0.2, 0) is 13.6 Å². The molecule has 0 saturated heterocycles. The molecule has 124 valence electrons. The number of carbonyl (C=O) groups is 1. The summed E-state index contributed by atoms with van der Waals surface area (Å²) in [5.74, 6) is 1.28. The van der Waals surface area contributed by atoms with E-state index in [1.807, 2.05) is 31.3 Å². The topological polar surface area (TPSA) is 68.2 Å². The van der Waals surface area contributed by atoms with E-state index >= 15 is 0 Å². The molecular weight excluding hydrogens is 292 g/mol. The van der Waals surface area contributed by atoms with Crippen LogP contribution in [0.1, 0.15) is 31.0 Å². The standard InChI is InChI=1S/C17H24N4O2/c1-13(2)15-6-4-5-7-16(15)23-11-10-18-17(22)19-12-14-8-9-20-21(14)3/h4-9,13H,10-12H2,1-3H3,(H2,18,19,22). The van der Waals surface area contributed by atoms with Gasteiger partial charge in [-0.2, -0.15) is 5.10 Å². The third kappa shape index (κ3) is 5.02. The summed E-state index contributed by atoms with van der Waals surface area (Å²) in [6.07, 6.45) is 1.70. The van der Waals surface area contributed by atoms with Gasteiger partial charge in [-0.15, -0.1) is 0 Å². The summed E-state index contributed by atoms with van der Waals surface area (Å²) < 4.78 is 7.49. The van der Waals surface area contributed by atoms with Crippen LogP contribution in [0.3, 0.4) is 0 Å². The molecule has 0 spiro atoms. The first-order chi connectivity index (χ1) is 11.1. The fourth-order valence-electron chi connectivity index (χ4n) is 2.22. The molecule has 0 bridgehead atoms. The van der Waals surface area contributed by atoms with Gasteiger partial charge in [0.2, 0.25) is 0 Å². The molecule has 2 N–H and O–H groups in total. The lowest BCUT2D eigenvalue weighted by Gasteiger charge is -2.14. The molecule has 0 aliphatic heterocycles. The van der Waals surface area contributed by atoms with Gasteiger partial charge in [-0.05, 0) is 23.6 Å². The molecule has 0 radical (unpaired) electrons. The van der Waals surface area contributed by atoms with Crippen LogP contribution in [-0.4, -0.2) is 29.0 Å². The van der Waals surface area contributed by atoms with E-state index in [9.17, 15) is 4.79 Å². The quantitative estimate of drug-likeness (QED) is 0.771. The van der Waals surface area contributed by atoms with Gasteiger partial charge in [0.05, 0.1) is 18.8 Å². The Morgan fingerprint density at radius 2 is 2.04 bits per heavy atom. The molecule has 0 atom stereocenters. The molecule has 0 fully saturated rings. The summed E-state index contributed by atoms with van der Waals surface area (Å²) in [4.78, 5) is 11.7. The first-order valence-electron chi connectivity index (χ1n) is 7.78. The summed E-state index contributed by atoms with van der Waals surface area (Å²) >= 11 is 0. The highest BCUT2D eigenvalue weighted by atomic mass is 16.5. The van der Waals surface area contributed by atoms with Gasteiger partial charge in [-0.1, -0.05) is 32.0 Å². The van der Waals surface area contributed by atoms with Crippen LogP contribution < -0.4 is 15.4 Å². The van der Waals surface area contributed by atoms with Crippen molar-refractivity contribution in [2.45, 2.75) is 26.3 Å². The van der Waals surface area contributed by atoms with Crippen LogP contribution in [0.2, 0.25) is 0 Å². The second-order valence-corrected chi connectivity index (χ2v) is 5.60. The zero-order valence-electron chi connectivity index (χ0n) is 13.9. The van der Waals surface area contributed by atoms with Crippen LogP contribution in [0.25, 0.3) is 0 Å². The molecule has 2 amide bonds. The molecule has 23 heavy (non-hydrogen) atoms. The highest BCUT2D eigenvalue weighted by Crippen LogP contribution is 2.25. The molecule has 6 nitrogen and oxygen atoms in total. The largest absolute Gasteiger partial charge is 0.491 e. The fraction of sp³-hybridized carbons (Fsp3) is 0.412. The third-order valence-electron chi connectivity index (χ3n) is 3.54. The van der Waals surface area contributed by atoms with Crippen molar-refractivity contribution < 1.29 is 9.53 Å². The number of hydrogen-bond acceptors (Lipinski definition) is 3. The van der Waals surface area contributed by atoms with E-state index in [4.69, 9.17) is 4.74 Å². The van der Waals surface area contributed by atoms with Crippen molar-refractivity contribution in [1.82, 2.24) is 20.4 Å². The lowest BCUT2D eigenvalue weighted by atomic mass is 10.0. The SMILES string of the molecule is CC(C)c1ccccc1OCCNC(=O)NCc1ccnn1C. The number of hydrogen-bond donors (Lipinski definition) is 2. The van der Waals surface area contributed by atoms with Gasteiger partial charge >= 0.3 is 6.03 Å². The average molecular weight is 316 g/mol. The predicted molar refractivity (Wildman–Crippen MR) is 89.5 cm³/mol. The van der Waals surface area contributed by atoms with Crippen molar-refractivity contribution in [2.75, 3.05) is 13.2 Å². The summed E-state index contributed by atoms with van der Waals surface area (Å²) in [5.41, 5.74) is 2.12. The first-order valence-corrected chi connectivity index (χ1v) is 7.78. The molecule has 0 unspecified atom stereocenters. The van der Waals surface area contributed by atoms with Crippen molar-refractivity contribution in [2.24, 2.45) is 7.05 Å². The van der Waals surface area contributed by atoms with Gasteiger partial charge in [0.15, 0.2) is 0 Å². The Labute approximate surface area is 136 Å². The van der Waals surface area contributed by atoms with E-state index in [2.05, 4.69) is 35.6 Å². The van der Waals surface area contributed by atoms with Gasteiger partial charge in [-0.3, -0.25) is 4.68 Å². The van der Waals surface area contributed by atoms with Gasteiger partial charge in [0.1, 0.15) is 12.4 Å². The van der Waals surface area contributed by atoms with E-state index in [0.717, 1.165) is 11.4 Å². The Morgan fingerprint density at radius 3 is 2.74 bits per heavy atom. The number of carbonyl (C=O) groups excluding carboxylic acids is 1. The molecule has 0 aliphatic rings. The van der Waals surface area contributed by atoms with Gasteiger partial charge in [0, 0.05) is 13.2 Å². The lowest BCUT2D eigenvalue weighted by Crippen LogP contribution is -2.37. The zero-order chi connectivity index (χ0) is 16.7. The van der Waals surface area contributed by atoms with Crippen LogP contribution in [0, 0.1) is 0 Å².